The summed E-state index contributed by atoms with van der Waals surface area (Å²) in [5.74, 6) is -0.221. The number of amides is 1. The van der Waals surface area contributed by atoms with E-state index in [0.717, 1.165) is 46.9 Å². The van der Waals surface area contributed by atoms with Gasteiger partial charge in [-0.15, -0.1) is 0 Å². The molecule has 2 aromatic heterocycles. The lowest BCUT2D eigenvalue weighted by Crippen LogP contribution is -2.23. The van der Waals surface area contributed by atoms with Crippen molar-refractivity contribution in [2.24, 2.45) is 7.05 Å². The topological polar surface area (TPSA) is 76.8 Å². The Bertz CT molecular complexity index is 1450. The molecule has 0 radical (unpaired) electrons. The molecule has 0 saturated heterocycles. The zero-order valence-electron chi connectivity index (χ0n) is 17.9. The Morgan fingerprint density at radius 2 is 2.06 bits per heavy atom. The van der Waals surface area contributed by atoms with Crippen LogP contribution in [-0.4, -0.2) is 40.5 Å². The Morgan fingerprint density at radius 3 is 2.81 bits per heavy atom. The Hall–Kier alpha value is -3.53. The molecule has 160 valence electrons. The quantitative estimate of drug-likeness (QED) is 0.459. The number of nitriles is 1. The largest absolute Gasteiger partial charge is 0.359 e. The molecule has 4 aromatic rings. The van der Waals surface area contributed by atoms with Gasteiger partial charge in [-0.1, -0.05) is 17.7 Å². The van der Waals surface area contributed by atoms with Crippen LogP contribution in [0.15, 0.2) is 48.8 Å². The molecule has 1 amide bonds. The van der Waals surface area contributed by atoms with Gasteiger partial charge in [-0.3, -0.25) is 4.79 Å². The molecule has 2 aromatic carbocycles. The molecule has 5 rings (SSSR count). The molecule has 1 aliphatic rings. The molecule has 7 heteroatoms. The van der Waals surface area contributed by atoms with Crippen LogP contribution in [0.25, 0.3) is 27.4 Å². The van der Waals surface area contributed by atoms with E-state index in [1.54, 1.807) is 18.3 Å². The van der Waals surface area contributed by atoms with E-state index in [9.17, 15) is 10.1 Å². The first-order valence-corrected chi connectivity index (χ1v) is 10.8. The first kappa shape index (κ1) is 20.4. The number of carbonyl (C=O) groups is 1. The maximum absolute atomic E-state index is 13.2. The standard InChI is InChI=1S/C25H22ClN5O/c1-30-7-5-16(6-8-30)17-11-24-18(10-21(17)26)20(14-31(24)2)25(32)29-23-13-28-22-4-3-15(12-27)9-19(22)23/h3-5,9-11,13-14,28H,6-8H2,1-2H3,(H,29,32). The molecule has 0 unspecified atom stereocenters. The van der Waals surface area contributed by atoms with Crippen LogP contribution in [0.1, 0.15) is 27.9 Å². The highest BCUT2D eigenvalue weighted by Gasteiger charge is 2.20. The fraction of sp³-hybridized carbons (Fsp3) is 0.200. The fourth-order valence-electron chi connectivity index (χ4n) is 4.33. The minimum atomic E-state index is -0.221. The first-order chi connectivity index (χ1) is 15.4. The highest BCUT2D eigenvalue weighted by molar-refractivity contribution is 6.33. The van der Waals surface area contributed by atoms with Gasteiger partial charge in [-0.25, -0.2) is 0 Å². The average Bonchev–Trinajstić information content (AvgIpc) is 3.34. The van der Waals surface area contributed by atoms with Crippen LogP contribution in [0.5, 0.6) is 0 Å². The smallest absolute Gasteiger partial charge is 0.257 e. The van der Waals surface area contributed by atoms with Crippen LogP contribution in [-0.2, 0) is 7.05 Å². The van der Waals surface area contributed by atoms with E-state index in [-0.39, 0.29) is 5.91 Å². The van der Waals surface area contributed by atoms with Crippen molar-refractivity contribution in [1.82, 2.24) is 14.5 Å². The van der Waals surface area contributed by atoms with Gasteiger partial charge < -0.3 is 19.8 Å². The SMILES string of the molecule is CN1CC=C(c2cc3c(cc2Cl)c(C(=O)Nc2c[nH]c4ccc(C#N)cc24)cn3C)CC1. The van der Waals surface area contributed by atoms with Gasteiger partial charge in [0.15, 0.2) is 0 Å². The second-order valence-corrected chi connectivity index (χ2v) is 8.68. The number of likely N-dealkylation sites (N-methyl/N-ethyl adjacent to an activating group) is 1. The first-order valence-electron chi connectivity index (χ1n) is 10.4. The number of anilines is 1. The van der Waals surface area contributed by atoms with Gasteiger partial charge in [0.2, 0.25) is 0 Å². The number of aromatic amines is 1. The number of nitrogens with one attached hydrogen (secondary N) is 2. The summed E-state index contributed by atoms with van der Waals surface area (Å²) in [6.45, 7) is 1.90. The molecular formula is C25H22ClN5O. The molecule has 3 heterocycles. The number of nitrogens with zero attached hydrogens (tertiary/aromatic N) is 3. The molecule has 2 N–H and O–H groups in total. The molecule has 0 aliphatic carbocycles. The lowest BCUT2D eigenvalue weighted by Gasteiger charge is -2.22. The fourth-order valence-corrected chi connectivity index (χ4v) is 4.61. The molecule has 0 spiro atoms. The van der Waals surface area contributed by atoms with Crippen molar-refractivity contribution in [1.29, 1.82) is 5.26 Å². The Balaban J connectivity index is 1.52. The molecule has 0 saturated carbocycles. The van der Waals surface area contributed by atoms with Crippen molar-refractivity contribution in [2.75, 3.05) is 25.5 Å². The third-order valence-electron chi connectivity index (χ3n) is 6.14. The van der Waals surface area contributed by atoms with Crippen molar-refractivity contribution >= 4 is 50.6 Å². The van der Waals surface area contributed by atoms with E-state index in [2.05, 4.69) is 40.5 Å². The number of hydrogen-bond acceptors (Lipinski definition) is 3. The summed E-state index contributed by atoms with van der Waals surface area (Å²) in [6, 6.07) is 11.5. The number of fused-ring (bicyclic) bond motifs is 2. The summed E-state index contributed by atoms with van der Waals surface area (Å²) >= 11 is 6.68. The Labute approximate surface area is 190 Å². The predicted octanol–water partition coefficient (Wildman–Crippen LogP) is 5.16. The second-order valence-electron chi connectivity index (χ2n) is 8.27. The van der Waals surface area contributed by atoms with E-state index in [4.69, 9.17) is 11.6 Å². The number of carbonyl (C=O) groups excluding carboxylic acids is 1. The number of H-pyrrole nitrogens is 1. The minimum Gasteiger partial charge on any atom is -0.359 e. The summed E-state index contributed by atoms with van der Waals surface area (Å²) in [4.78, 5) is 18.6. The van der Waals surface area contributed by atoms with Crippen molar-refractivity contribution in [2.45, 2.75) is 6.42 Å². The number of hydrogen-bond donors (Lipinski definition) is 2. The number of benzene rings is 2. The van der Waals surface area contributed by atoms with Gasteiger partial charge in [0.1, 0.15) is 0 Å². The van der Waals surface area contributed by atoms with E-state index in [1.807, 2.05) is 29.9 Å². The zero-order chi connectivity index (χ0) is 22.4. The van der Waals surface area contributed by atoms with Crippen LogP contribution in [0.4, 0.5) is 5.69 Å². The summed E-state index contributed by atoms with van der Waals surface area (Å²) in [6.07, 6.45) is 6.75. The summed E-state index contributed by atoms with van der Waals surface area (Å²) < 4.78 is 1.96. The Morgan fingerprint density at radius 1 is 1.22 bits per heavy atom. The third-order valence-corrected chi connectivity index (χ3v) is 6.45. The van der Waals surface area contributed by atoms with Crippen LogP contribution in [0, 0.1) is 11.3 Å². The molecule has 0 bridgehead atoms. The van der Waals surface area contributed by atoms with Gasteiger partial charge in [0.25, 0.3) is 5.91 Å². The zero-order valence-corrected chi connectivity index (χ0v) is 18.6. The minimum absolute atomic E-state index is 0.221. The van der Waals surface area contributed by atoms with Gasteiger partial charge in [-0.05, 0) is 54.9 Å². The number of aryl methyl sites for hydroxylation is 1. The van der Waals surface area contributed by atoms with Crippen molar-refractivity contribution < 1.29 is 4.79 Å². The molecule has 0 atom stereocenters. The van der Waals surface area contributed by atoms with Gasteiger partial charge in [0.05, 0.1) is 22.9 Å². The third kappa shape index (κ3) is 3.46. The summed E-state index contributed by atoms with van der Waals surface area (Å²) in [7, 11) is 4.04. The van der Waals surface area contributed by atoms with Gasteiger partial charge >= 0.3 is 0 Å². The number of rotatable bonds is 3. The molecular weight excluding hydrogens is 422 g/mol. The molecule has 0 fully saturated rings. The van der Waals surface area contributed by atoms with E-state index < -0.39 is 0 Å². The molecule has 6 nitrogen and oxygen atoms in total. The lowest BCUT2D eigenvalue weighted by atomic mass is 9.98. The second kappa shape index (κ2) is 7.86. The summed E-state index contributed by atoms with van der Waals surface area (Å²) in [5.41, 5.74) is 5.82. The highest BCUT2D eigenvalue weighted by Crippen LogP contribution is 2.34. The average molecular weight is 444 g/mol. The van der Waals surface area contributed by atoms with Crippen LogP contribution in [0.3, 0.4) is 0 Å². The van der Waals surface area contributed by atoms with Gasteiger partial charge in [0, 0.05) is 59.4 Å². The summed E-state index contributed by atoms with van der Waals surface area (Å²) in [5, 5.41) is 14.4. The molecule has 1 aliphatic heterocycles. The van der Waals surface area contributed by atoms with E-state index >= 15 is 0 Å². The monoisotopic (exact) mass is 443 g/mol. The van der Waals surface area contributed by atoms with Crippen LogP contribution >= 0.6 is 11.6 Å². The van der Waals surface area contributed by atoms with Crippen LogP contribution in [0.2, 0.25) is 5.02 Å². The van der Waals surface area contributed by atoms with Crippen molar-refractivity contribution in [3.8, 4) is 6.07 Å². The maximum Gasteiger partial charge on any atom is 0.257 e. The lowest BCUT2D eigenvalue weighted by molar-refractivity contribution is 0.102. The highest BCUT2D eigenvalue weighted by atomic mass is 35.5. The van der Waals surface area contributed by atoms with E-state index in [0.29, 0.717) is 21.8 Å². The van der Waals surface area contributed by atoms with Crippen molar-refractivity contribution in [3.63, 3.8) is 0 Å². The number of aromatic nitrogens is 2. The maximum atomic E-state index is 13.2. The van der Waals surface area contributed by atoms with Gasteiger partial charge in [-0.2, -0.15) is 5.26 Å². The van der Waals surface area contributed by atoms with Crippen molar-refractivity contribution in [3.05, 3.63) is 70.5 Å². The van der Waals surface area contributed by atoms with E-state index in [1.165, 1.54) is 5.57 Å². The van der Waals surface area contributed by atoms with Crippen LogP contribution < -0.4 is 5.32 Å². The Kier molecular flexibility index (Phi) is 5.01. The normalized spacial score (nSPS) is 14.5. The number of halogens is 1. The molecule has 32 heavy (non-hydrogen) atoms. The predicted molar refractivity (Wildman–Crippen MR) is 129 cm³/mol.